The van der Waals surface area contributed by atoms with E-state index in [4.69, 9.17) is 11.6 Å². The Kier molecular flexibility index (Phi) is 4.01. The number of hydrogen-bond donors (Lipinski definition) is 2. The predicted molar refractivity (Wildman–Crippen MR) is 76.0 cm³/mol. The summed E-state index contributed by atoms with van der Waals surface area (Å²) < 4.78 is 0.639. The van der Waals surface area contributed by atoms with Gasteiger partial charge in [0.1, 0.15) is 5.82 Å². The number of nitrogens with one attached hydrogen (secondary N) is 2. The molecule has 0 spiro atoms. The minimum atomic E-state index is -0.484. The molecule has 1 amide bonds. The van der Waals surface area contributed by atoms with Gasteiger partial charge in [-0.05, 0) is 26.0 Å². The zero-order chi connectivity index (χ0) is 14.0. The monoisotopic (exact) mass is 297 g/mol. The third kappa shape index (κ3) is 3.42. The highest BCUT2D eigenvalue weighted by Crippen LogP contribution is 2.28. The van der Waals surface area contributed by atoms with E-state index in [2.05, 4.69) is 15.3 Å². The summed E-state index contributed by atoms with van der Waals surface area (Å²) in [4.78, 5) is 30.3. The van der Waals surface area contributed by atoms with Crippen LogP contribution in [-0.2, 0) is 4.79 Å². The Labute approximate surface area is 118 Å². The molecule has 0 bridgehead atoms. The van der Waals surface area contributed by atoms with Crippen LogP contribution in [0.1, 0.15) is 23.4 Å². The van der Waals surface area contributed by atoms with Crippen molar-refractivity contribution in [2.24, 2.45) is 0 Å². The first-order valence-electron chi connectivity index (χ1n) is 5.60. The van der Waals surface area contributed by atoms with Gasteiger partial charge in [0, 0.05) is 16.6 Å². The second-order valence-electron chi connectivity index (χ2n) is 4.11. The number of aryl methyl sites for hydroxylation is 1. The molecule has 2 heterocycles. The van der Waals surface area contributed by atoms with E-state index in [-0.39, 0.29) is 17.6 Å². The minimum Gasteiger partial charge on any atom is -0.310 e. The molecule has 0 saturated carbocycles. The highest BCUT2D eigenvalue weighted by atomic mass is 35.5. The van der Waals surface area contributed by atoms with Crippen molar-refractivity contribution in [3.05, 3.63) is 43.6 Å². The van der Waals surface area contributed by atoms with Gasteiger partial charge in [-0.3, -0.25) is 4.79 Å². The van der Waals surface area contributed by atoms with Crippen LogP contribution >= 0.6 is 22.9 Å². The highest BCUT2D eigenvalue weighted by molar-refractivity contribution is 7.16. The van der Waals surface area contributed by atoms with Crippen molar-refractivity contribution in [2.75, 3.05) is 5.32 Å². The number of aromatic nitrogens is 2. The molecule has 0 fully saturated rings. The van der Waals surface area contributed by atoms with Gasteiger partial charge in [0.05, 0.1) is 10.3 Å². The molecule has 1 atom stereocenters. The number of amides is 1. The smallest absolute Gasteiger partial charge is 0.310 e. The SMILES string of the molecule is Cc1cc(NC(=O)[C@H](C)c2ccc(Cl)s2)nc(=O)[nH]1. The van der Waals surface area contributed by atoms with Crippen molar-refractivity contribution in [1.29, 1.82) is 0 Å². The number of H-pyrrole nitrogens is 1. The number of anilines is 1. The predicted octanol–water partition coefficient (Wildman–Crippen LogP) is 2.54. The van der Waals surface area contributed by atoms with E-state index in [1.54, 1.807) is 26.0 Å². The minimum absolute atomic E-state index is 0.226. The molecule has 2 aromatic rings. The van der Waals surface area contributed by atoms with Crippen LogP contribution in [0.3, 0.4) is 0 Å². The molecule has 2 rings (SSSR count). The van der Waals surface area contributed by atoms with Gasteiger partial charge in [0.2, 0.25) is 5.91 Å². The average Bonchev–Trinajstić information content (AvgIpc) is 2.73. The second kappa shape index (κ2) is 5.54. The Morgan fingerprint density at radius 2 is 2.26 bits per heavy atom. The van der Waals surface area contributed by atoms with E-state index in [0.29, 0.717) is 10.0 Å². The molecule has 5 nitrogen and oxygen atoms in total. The molecule has 0 aliphatic rings. The molecule has 100 valence electrons. The van der Waals surface area contributed by atoms with E-state index >= 15 is 0 Å². The van der Waals surface area contributed by atoms with Gasteiger partial charge in [-0.15, -0.1) is 11.3 Å². The van der Waals surface area contributed by atoms with E-state index < -0.39 is 5.69 Å². The van der Waals surface area contributed by atoms with E-state index in [1.165, 1.54) is 11.3 Å². The third-order valence-electron chi connectivity index (χ3n) is 2.54. The largest absolute Gasteiger partial charge is 0.347 e. The zero-order valence-electron chi connectivity index (χ0n) is 10.4. The Balaban J connectivity index is 2.14. The summed E-state index contributed by atoms with van der Waals surface area (Å²) in [6.07, 6.45) is 0. The first-order valence-corrected chi connectivity index (χ1v) is 6.79. The van der Waals surface area contributed by atoms with Crippen LogP contribution in [0, 0.1) is 6.92 Å². The Bertz CT molecular complexity index is 665. The molecule has 2 N–H and O–H groups in total. The summed E-state index contributed by atoms with van der Waals surface area (Å²) in [5.74, 6) is -0.323. The van der Waals surface area contributed by atoms with E-state index in [0.717, 1.165) is 4.88 Å². The maximum Gasteiger partial charge on any atom is 0.347 e. The number of carbonyl (C=O) groups excluding carboxylic acids is 1. The second-order valence-corrected chi connectivity index (χ2v) is 5.85. The molecule has 19 heavy (non-hydrogen) atoms. The lowest BCUT2D eigenvalue weighted by Crippen LogP contribution is -2.22. The molecule has 7 heteroatoms. The first-order chi connectivity index (χ1) is 8.95. The van der Waals surface area contributed by atoms with Crippen LogP contribution < -0.4 is 11.0 Å². The molecule has 0 aliphatic carbocycles. The molecule has 2 aromatic heterocycles. The van der Waals surface area contributed by atoms with Crippen LogP contribution in [0.25, 0.3) is 0 Å². The number of thiophene rings is 1. The fraction of sp³-hybridized carbons (Fsp3) is 0.250. The summed E-state index contributed by atoms with van der Waals surface area (Å²) >= 11 is 7.20. The highest BCUT2D eigenvalue weighted by Gasteiger charge is 2.17. The van der Waals surface area contributed by atoms with Crippen molar-refractivity contribution in [3.63, 3.8) is 0 Å². The molecular formula is C12H12ClN3O2S. The normalized spacial score (nSPS) is 12.2. The zero-order valence-corrected chi connectivity index (χ0v) is 11.9. The maximum absolute atomic E-state index is 12.0. The van der Waals surface area contributed by atoms with Gasteiger partial charge in [-0.2, -0.15) is 4.98 Å². The van der Waals surface area contributed by atoms with Crippen molar-refractivity contribution in [1.82, 2.24) is 9.97 Å². The van der Waals surface area contributed by atoms with Gasteiger partial charge in [0.15, 0.2) is 0 Å². The number of halogens is 1. The first kappa shape index (κ1) is 13.8. The third-order valence-corrected chi connectivity index (χ3v) is 3.96. The number of carbonyl (C=O) groups is 1. The summed E-state index contributed by atoms with van der Waals surface area (Å²) in [5, 5.41) is 2.62. The van der Waals surface area contributed by atoms with Gasteiger partial charge in [-0.1, -0.05) is 11.6 Å². The average molecular weight is 298 g/mol. The molecule has 0 radical (unpaired) electrons. The van der Waals surface area contributed by atoms with Crippen LogP contribution in [0.4, 0.5) is 5.82 Å². The summed E-state index contributed by atoms with van der Waals surface area (Å²) in [5.41, 5.74) is 0.157. The van der Waals surface area contributed by atoms with Gasteiger partial charge in [-0.25, -0.2) is 4.79 Å². The summed E-state index contributed by atoms with van der Waals surface area (Å²) in [7, 11) is 0. The van der Waals surface area contributed by atoms with Gasteiger partial charge >= 0.3 is 5.69 Å². The maximum atomic E-state index is 12.0. The van der Waals surface area contributed by atoms with Crippen LogP contribution in [0.2, 0.25) is 4.34 Å². The fourth-order valence-electron chi connectivity index (χ4n) is 1.57. The van der Waals surface area contributed by atoms with Crippen molar-refractivity contribution < 1.29 is 4.79 Å². The van der Waals surface area contributed by atoms with Crippen LogP contribution in [0.5, 0.6) is 0 Å². The number of aromatic amines is 1. The standard InChI is InChI=1S/C12H12ClN3O2S/c1-6-5-10(16-12(18)14-6)15-11(17)7(2)8-3-4-9(13)19-8/h3-5,7H,1-2H3,(H2,14,15,16,17,18)/t7-/m1/s1. The molecule has 0 aromatic carbocycles. The van der Waals surface area contributed by atoms with Gasteiger partial charge < -0.3 is 10.3 Å². The van der Waals surface area contributed by atoms with Crippen molar-refractivity contribution >= 4 is 34.7 Å². The molecule has 0 aliphatic heterocycles. The number of hydrogen-bond acceptors (Lipinski definition) is 4. The number of nitrogens with zero attached hydrogens (tertiary/aromatic N) is 1. The fourth-order valence-corrected chi connectivity index (χ4v) is 2.68. The molecular weight excluding hydrogens is 286 g/mol. The number of rotatable bonds is 3. The lowest BCUT2D eigenvalue weighted by atomic mass is 10.1. The van der Waals surface area contributed by atoms with E-state index in [1.807, 2.05) is 6.07 Å². The topological polar surface area (TPSA) is 74.8 Å². The van der Waals surface area contributed by atoms with E-state index in [9.17, 15) is 9.59 Å². The summed E-state index contributed by atoms with van der Waals surface area (Å²) in [6.45, 7) is 3.50. The Morgan fingerprint density at radius 3 is 2.84 bits per heavy atom. The summed E-state index contributed by atoms with van der Waals surface area (Å²) in [6, 6.07) is 5.17. The van der Waals surface area contributed by atoms with Crippen molar-refractivity contribution in [2.45, 2.75) is 19.8 Å². The lowest BCUT2D eigenvalue weighted by Gasteiger charge is -2.09. The van der Waals surface area contributed by atoms with Gasteiger partial charge in [0.25, 0.3) is 0 Å². The van der Waals surface area contributed by atoms with Crippen LogP contribution in [0.15, 0.2) is 23.0 Å². The quantitative estimate of drug-likeness (QED) is 0.914. The molecule has 0 saturated heterocycles. The van der Waals surface area contributed by atoms with Crippen molar-refractivity contribution in [3.8, 4) is 0 Å². The molecule has 0 unspecified atom stereocenters. The Hall–Kier alpha value is -1.66. The van der Waals surface area contributed by atoms with Crippen LogP contribution in [-0.4, -0.2) is 15.9 Å². The lowest BCUT2D eigenvalue weighted by molar-refractivity contribution is -0.117. The Morgan fingerprint density at radius 1 is 1.53 bits per heavy atom.